The first-order valence-corrected chi connectivity index (χ1v) is 10.7. The maximum atomic E-state index is 13.6. The van der Waals surface area contributed by atoms with Crippen LogP contribution in [0.2, 0.25) is 0 Å². The van der Waals surface area contributed by atoms with Crippen LogP contribution in [0.3, 0.4) is 0 Å². The van der Waals surface area contributed by atoms with Gasteiger partial charge >= 0.3 is 0 Å². The molecule has 28 heavy (non-hydrogen) atoms. The van der Waals surface area contributed by atoms with Crippen molar-refractivity contribution < 1.29 is 26.7 Å². The van der Waals surface area contributed by atoms with Crippen molar-refractivity contribution >= 4 is 10.0 Å². The minimum absolute atomic E-state index is 0.176. The lowest BCUT2D eigenvalue weighted by molar-refractivity contribution is 0.132. The normalized spacial score (nSPS) is 15.1. The molecule has 1 N–H and O–H groups in total. The minimum Gasteiger partial charge on any atom is -0.490 e. The highest BCUT2D eigenvalue weighted by atomic mass is 32.2. The van der Waals surface area contributed by atoms with E-state index in [1.54, 1.807) is 6.07 Å². The van der Waals surface area contributed by atoms with E-state index >= 15 is 0 Å². The van der Waals surface area contributed by atoms with E-state index in [9.17, 15) is 17.2 Å². The second-order valence-electron chi connectivity index (χ2n) is 7.33. The summed E-state index contributed by atoms with van der Waals surface area (Å²) in [6, 6.07) is 9.04. The van der Waals surface area contributed by atoms with Crippen molar-refractivity contribution in [2.75, 3.05) is 12.4 Å². The summed E-state index contributed by atoms with van der Waals surface area (Å²) in [4.78, 5) is 0. The van der Waals surface area contributed by atoms with Crippen LogP contribution in [-0.4, -0.2) is 26.4 Å². The van der Waals surface area contributed by atoms with Gasteiger partial charge in [-0.1, -0.05) is 18.2 Å². The molecule has 0 aromatic heterocycles. The van der Waals surface area contributed by atoms with E-state index in [4.69, 9.17) is 9.47 Å². The van der Waals surface area contributed by atoms with Gasteiger partial charge in [0.25, 0.3) is 0 Å². The Morgan fingerprint density at radius 3 is 2.54 bits per heavy atom. The molecule has 1 heterocycles. The van der Waals surface area contributed by atoms with Gasteiger partial charge < -0.3 is 9.47 Å². The number of hydrogen-bond acceptors (Lipinski definition) is 4. The molecule has 0 amide bonds. The maximum absolute atomic E-state index is 13.6. The predicted molar refractivity (Wildman–Crippen MR) is 102 cm³/mol. The van der Waals surface area contributed by atoms with Crippen molar-refractivity contribution in [3.05, 3.63) is 59.2 Å². The average Bonchev–Trinajstić information content (AvgIpc) is 2.93. The van der Waals surface area contributed by atoms with Crippen molar-refractivity contribution in [3.63, 3.8) is 0 Å². The van der Waals surface area contributed by atoms with Gasteiger partial charge in [-0.05, 0) is 38.5 Å². The number of nitrogens with one attached hydrogen (secondary N) is 1. The van der Waals surface area contributed by atoms with Crippen LogP contribution in [0.1, 0.15) is 31.4 Å². The molecule has 5 nitrogen and oxygen atoms in total. The fourth-order valence-corrected chi connectivity index (χ4v) is 4.09. The molecule has 2 aromatic carbocycles. The SMILES string of the molecule is CC1(C)Cc2cccc(OCCCS(=O)(=O)NCc3c(F)cccc3F)c2O1. The van der Waals surface area contributed by atoms with Gasteiger partial charge in [-0.2, -0.15) is 0 Å². The summed E-state index contributed by atoms with van der Waals surface area (Å²) >= 11 is 0. The molecule has 0 atom stereocenters. The summed E-state index contributed by atoms with van der Waals surface area (Å²) in [5.41, 5.74) is 0.461. The highest BCUT2D eigenvalue weighted by Crippen LogP contribution is 2.41. The Morgan fingerprint density at radius 2 is 1.82 bits per heavy atom. The Bertz CT molecular complexity index is 940. The molecule has 0 aliphatic carbocycles. The smallest absolute Gasteiger partial charge is 0.212 e. The standard InChI is InChI=1S/C20H23F2NO4S/c1-20(2)12-14-6-3-9-18(19(14)27-20)26-10-5-11-28(24,25)23-13-15-16(21)7-4-8-17(15)22/h3-4,6-9,23H,5,10-13H2,1-2H3. The third-order valence-corrected chi connectivity index (χ3v) is 5.81. The van der Waals surface area contributed by atoms with Crippen LogP contribution in [0.4, 0.5) is 8.78 Å². The van der Waals surface area contributed by atoms with Crippen LogP contribution in [0, 0.1) is 11.6 Å². The highest BCUT2D eigenvalue weighted by molar-refractivity contribution is 7.89. The summed E-state index contributed by atoms with van der Waals surface area (Å²) in [6.07, 6.45) is 1.01. The van der Waals surface area contributed by atoms with Crippen LogP contribution in [0.5, 0.6) is 11.5 Å². The first-order valence-electron chi connectivity index (χ1n) is 9.01. The lowest BCUT2D eigenvalue weighted by Gasteiger charge is -2.18. The van der Waals surface area contributed by atoms with Gasteiger partial charge in [0.05, 0.1) is 12.4 Å². The molecule has 0 spiro atoms. The molecule has 8 heteroatoms. The number of halogens is 2. The van der Waals surface area contributed by atoms with Crippen LogP contribution >= 0.6 is 0 Å². The molecule has 0 saturated carbocycles. The van der Waals surface area contributed by atoms with Gasteiger partial charge in [0.15, 0.2) is 11.5 Å². The molecular formula is C20H23F2NO4S. The molecule has 1 aliphatic rings. The first kappa shape index (κ1) is 20.5. The van der Waals surface area contributed by atoms with Crippen molar-refractivity contribution in [1.29, 1.82) is 0 Å². The molecule has 0 fully saturated rings. The predicted octanol–water partition coefficient (Wildman–Crippen LogP) is 3.57. The van der Waals surface area contributed by atoms with Crippen LogP contribution in [0.15, 0.2) is 36.4 Å². The van der Waals surface area contributed by atoms with Gasteiger partial charge in [0.2, 0.25) is 10.0 Å². The van der Waals surface area contributed by atoms with Gasteiger partial charge in [-0.15, -0.1) is 0 Å². The van der Waals surface area contributed by atoms with Crippen LogP contribution < -0.4 is 14.2 Å². The van der Waals surface area contributed by atoms with Gasteiger partial charge in [-0.25, -0.2) is 21.9 Å². The van der Waals surface area contributed by atoms with E-state index in [0.717, 1.165) is 24.1 Å². The Morgan fingerprint density at radius 1 is 1.14 bits per heavy atom. The zero-order chi connectivity index (χ0) is 20.4. The monoisotopic (exact) mass is 411 g/mol. The van der Waals surface area contributed by atoms with Crippen molar-refractivity contribution in [2.24, 2.45) is 0 Å². The second-order valence-corrected chi connectivity index (χ2v) is 9.25. The van der Waals surface area contributed by atoms with E-state index in [1.165, 1.54) is 6.07 Å². The fraction of sp³-hybridized carbons (Fsp3) is 0.400. The van der Waals surface area contributed by atoms with E-state index < -0.39 is 28.2 Å². The van der Waals surface area contributed by atoms with Crippen molar-refractivity contribution in [1.82, 2.24) is 4.72 Å². The summed E-state index contributed by atoms with van der Waals surface area (Å²) in [6.45, 7) is 3.73. The van der Waals surface area contributed by atoms with Crippen LogP contribution in [0.25, 0.3) is 0 Å². The van der Waals surface area contributed by atoms with Gasteiger partial charge in [0.1, 0.15) is 17.2 Å². The summed E-state index contributed by atoms with van der Waals surface area (Å²) in [7, 11) is -3.69. The third kappa shape index (κ3) is 4.99. The summed E-state index contributed by atoms with van der Waals surface area (Å²) in [5.74, 6) is -0.506. The summed E-state index contributed by atoms with van der Waals surface area (Å²) < 4.78 is 65.1. The number of hydrogen-bond donors (Lipinski definition) is 1. The Kier molecular flexibility index (Phi) is 5.90. The van der Waals surface area contributed by atoms with Crippen molar-refractivity contribution in [2.45, 2.75) is 38.8 Å². The van der Waals surface area contributed by atoms with Crippen LogP contribution in [-0.2, 0) is 23.0 Å². The Balaban J connectivity index is 1.50. The summed E-state index contributed by atoms with van der Waals surface area (Å²) in [5, 5.41) is 0. The van der Waals surface area contributed by atoms with E-state index in [1.807, 2.05) is 26.0 Å². The molecule has 1 aliphatic heterocycles. The van der Waals surface area contributed by atoms with E-state index in [-0.39, 0.29) is 29.9 Å². The number of fused-ring (bicyclic) bond motifs is 1. The quantitative estimate of drug-likeness (QED) is 0.675. The van der Waals surface area contributed by atoms with E-state index in [2.05, 4.69) is 4.72 Å². The second kappa shape index (κ2) is 8.05. The lowest BCUT2D eigenvalue weighted by Crippen LogP contribution is -2.27. The molecule has 152 valence electrons. The lowest BCUT2D eigenvalue weighted by atomic mass is 10.0. The molecule has 0 radical (unpaired) electrons. The largest absolute Gasteiger partial charge is 0.490 e. The molecular weight excluding hydrogens is 388 g/mol. The number of sulfonamides is 1. The highest BCUT2D eigenvalue weighted by Gasteiger charge is 2.32. The van der Waals surface area contributed by atoms with Crippen molar-refractivity contribution in [3.8, 4) is 11.5 Å². The maximum Gasteiger partial charge on any atom is 0.212 e. The first-order chi connectivity index (χ1) is 13.2. The molecule has 0 bridgehead atoms. The molecule has 2 aromatic rings. The number of ether oxygens (including phenoxy) is 2. The molecule has 0 unspecified atom stereocenters. The molecule has 3 rings (SSSR count). The Hall–Kier alpha value is -2.19. The zero-order valence-electron chi connectivity index (χ0n) is 15.8. The van der Waals surface area contributed by atoms with E-state index in [0.29, 0.717) is 11.5 Å². The van der Waals surface area contributed by atoms with Gasteiger partial charge in [-0.3, -0.25) is 0 Å². The number of para-hydroxylation sites is 1. The fourth-order valence-electron chi connectivity index (χ4n) is 3.09. The average molecular weight is 411 g/mol. The minimum atomic E-state index is -3.69. The Labute approximate surface area is 163 Å². The van der Waals surface area contributed by atoms with Gasteiger partial charge in [0, 0.05) is 24.1 Å². The third-order valence-electron chi connectivity index (χ3n) is 4.40. The zero-order valence-corrected chi connectivity index (χ0v) is 16.6. The topological polar surface area (TPSA) is 64.6 Å². The number of benzene rings is 2. The molecule has 0 saturated heterocycles. The number of rotatable bonds is 8.